The Morgan fingerprint density at radius 1 is 1.10 bits per heavy atom. The quantitative estimate of drug-likeness (QED) is 0.410. The third-order valence-corrected chi connectivity index (χ3v) is 6.98. The van der Waals surface area contributed by atoms with E-state index in [1.807, 2.05) is 19.1 Å². The largest absolute Gasteiger partial charge is 0.446 e. The number of likely N-dealkylation sites (tertiary alicyclic amines) is 1. The van der Waals surface area contributed by atoms with Crippen LogP contribution in [0, 0.1) is 6.92 Å². The number of rotatable bonds is 6. The number of hydrogen-bond acceptors (Lipinski definition) is 4. The molecule has 2 aromatic rings. The van der Waals surface area contributed by atoms with Crippen molar-refractivity contribution in [3.63, 3.8) is 0 Å². The molecule has 0 bridgehead atoms. The van der Waals surface area contributed by atoms with Crippen molar-refractivity contribution in [2.75, 3.05) is 26.7 Å². The summed E-state index contributed by atoms with van der Waals surface area (Å²) in [5.41, 5.74) is -1.62. The molecule has 1 aliphatic heterocycles. The Morgan fingerprint density at radius 2 is 1.70 bits per heavy atom. The van der Waals surface area contributed by atoms with Crippen molar-refractivity contribution in [1.82, 2.24) is 15.1 Å². The van der Waals surface area contributed by atoms with Crippen molar-refractivity contribution in [3.05, 3.63) is 70.3 Å². The number of halogens is 6. The van der Waals surface area contributed by atoms with E-state index in [-0.39, 0.29) is 44.2 Å². The van der Waals surface area contributed by atoms with Gasteiger partial charge in [-0.3, -0.25) is 0 Å². The molecule has 1 heterocycles. The first-order chi connectivity index (χ1) is 18.6. The van der Waals surface area contributed by atoms with Crippen LogP contribution in [0.1, 0.15) is 59.7 Å². The number of alkyl carbamates (subject to hydrolysis) is 1. The van der Waals surface area contributed by atoms with E-state index < -0.39 is 53.8 Å². The van der Waals surface area contributed by atoms with Gasteiger partial charge in [-0.25, -0.2) is 9.59 Å². The van der Waals surface area contributed by atoms with Crippen LogP contribution in [0.5, 0.6) is 0 Å². The van der Waals surface area contributed by atoms with Gasteiger partial charge in [-0.15, -0.1) is 0 Å². The van der Waals surface area contributed by atoms with Gasteiger partial charge in [0.1, 0.15) is 6.10 Å². The van der Waals surface area contributed by atoms with Crippen LogP contribution >= 0.6 is 0 Å². The van der Waals surface area contributed by atoms with Gasteiger partial charge in [-0.2, -0.15) is 26.3 Å². The minimum absolute atomic E-state index is 0.00562. The maximum absolute atomic E-state index is 13.7. The number of carbonyl (C=O) groups is 2. The number of nitrogens with zero attached hydrogens (tertiary/aromatic N) is 2. The van der Waals surface area contributed by atoms with Gasteiger partial charge < -0.3 is 25.0 Å². The van der Waals surface area contributed by atoms with Crippen molar-refractivity contribution in [2.24, 2.45) is 0 Å². The highest BCUT2D eigenvalue weighted by Gasteiger charge is 2.40. The predicted octanol–water partition coefficient (Wildman–Crippen LogP) is 6.07. The Balaban J connectivity index is 1.91. The van der Waals surface area contributed by atoms with E-state index in [2.05, 4.69) is 5.32 Å². The summed E-state index contributed by atoms with van der Waals surface area (Å²) in [5.74, 6) is 0. The minimum atomic E-state index is -5.01. The lowest BCUT2D eigenvalue weighted by molar-refractivity contribution is -0.143. The third kappa shape index (κ3) is 7.38. The number of aliphatic hydroxyl groups excluding tert-OH is 1. The van der Waals surface area contributed by atoms with E-state index in [1.54, 1.807) is 12.1 Å². The molecule has 1 fully saturated rings. The smallest absolute Gasteiger partial charge is 0.416 e. The summed E-state index contributed by atoms with van der Waals surface area (Å²) in [6, 6.07) is 6.20. The van der Waals surface area contributed by atoms with Gasteiger partial charge in [0.15, 0.2) is 0 Å². The summed E-state index contributed by atoms with van der Waals surface area (Å²) in [5, 5.41) is 11.3. The molecule has 3 rings (SSSR count). The van der Waals surface area contributed by atoms with Gasteiger partial charge in [0, 0.05) is 33.0 Å². The summed E-state index contributed by atoms with van der Waals surface area (Å²) in [6.45, 7) is 3.05. The van der Waals surface area contributed by atoms with Crippen molar-refractivity contribution in [3.8, 4) is 0 Å². The number of piperidine rings is 1. The van der Waals surface area contributed by atoms with E-state index in [4.69, 9.17) is 9.84 Å². The number of urea groups is 1. The fourth-order valence-corrected chi connectivity index (χ4v) is 4.69. The van der Waals surface area contributed by atoms with Crippen LogP contribution in [0.3, 0.4) is 0 Å². The first-order valence-electron chi connectivity index (χ1n) is 12.6. The Morgan fingerprint density at radius 3 is 2.25 bits per heavy atom. The lowest BCUT2D eigenvalue weighted by atomic mass is 9.90. The zero-order valence-electron chi connectivity index (χ0n) is 22.1. The highest BCUT2D eigenvalue weighted by Crippen LogP contribution is 2.39. The minimum Gasteiger partial charge on any atom is -0.446 e. The maximum atomic E-state index is 13.7. The Labute approximate surface area is 227 Å². The van der Waals surface area contributed by atoms with Gasteiger partial charge in [0.2, 0.25) is 0 Å². The molecule has 3 amide bonds. The highest BCUT2D eigenvalue weighted by atomic mass is 19.4. The zero-order valence-corrected chi connectivity index (χ0v) is 22.1. The molecule has 0 aliphatic carbocycles. The van der Waals surface area contributed by atoms with Gasteiger partial charge in [0.05, 0.1) is 29.8 Å². The number of aryl methyl sites for hydroxylation is 1. The number of hydrogen-bond donors (Lipinski definition) is 2. The molecule has 0 unspecified atom stereocenters. The monoisotopic (exact) mass is 575 g/mol. The summed E-state index contributed by atoms with van der Waals surface area (Å²) >= 11 is 0. The van der Waals surface area contributed by atoms with E-state index in [0.29, 0.717) is 12.1 Å². The summed E-state index contributed by atoms with van der Waals surface area (Å²) in [4.78, 5) is 28.4. The zero-order chi connectivity index (χ0) is 29.8. The lowest BCUT2D eigenvalue weighted by Crippen LogP contribution is -2.49. The Hall–Kier alpha value is -3.48. The van der Waals surface area contributed by atoms with Gasteiger partial charge >= 0.3 is 24.5 Å². The number of ether oxygens (including phenoxy) is 1. The first-order valence-corrected chi connectivity index (χ1v) is 12.6. The standard InChI is InChI=1S/C27H31F6N3O4/c1-16-6-4-5-7-22(16)23-15-21(40-24(38)34-9-11-37)8-10-36(23)25(39)35(3)17(2)18-12-19(26(28,29)30)14-20(13-18)27(31,32)33/h4-7,12-14,17,21,23,37H,8-11,15H2,1-3H3,(H,34,38)/t17-,21-,23-/m1/s1. The fraction of sp³-hybridized carbons (Fsp3) is 0.481. The molecule has 0 aromatic heterocycles. The van der Waals surface area contributed by atoms with Crippen LogP contribution < -0.4 is 5.32 Å². The number of alkyl halides is 6. The van der Waals surface area contributed by atoms with Crippen LogP contribution in [0.4, 0.5) is 35.9 Å². The molecular formula is C27H31F6N3O4. The maximum Gasteiger partial charge on any atom is 0.416 e. The Bertz CT molecular complexity index is 1170. The highest BCUT2D eigenvalue weighted by molar-refractivity contribution is 5.75. The summed E-state index contributed by atoms with van der Waals surface area (Å²) in [7, 11) is 1.32. The second-order valence-electron chi connectivity index (χ2n) is 9.68. The summed E-state index contributed by atoms with van der Waals surface area (Å²) in [6.07, 6.45) is -10.9. The van der Waals surface area contributed by atoms with Crippen LogP contribution in [0.25, 0.3) is 0 Å². The molecule has 220 valence electrons. The van der Waals surface area contributed by atoms with Crippen molar-refractivity contribution >= 4 is 12.1 Å². The SMILES string of the molecule is Cc1ccccc1[C@H]1C[C@H](OC(=O)NCCO)CCN1C(=O)N(C)[C@H](C)c1cc(C(F)(F)F)cc(C(F)(F)F)c1. The fourth-order valence-electron chi connectivity index (χ4n) is 4.69. The third-order valence-electron chi connectivity index (χ3n) is 6.98. The number of carbonyl (C=O) groups excluding carboxylic acids is 2. The van der Waals surface area contributed by atoms with Gasteiger partial charge in [-0.05, 0) is 48.7 Å². The van der Waals surface area contributed by atoms with E-state index in [9.17, 15) is 35.9 Å². The molecule has 7 nitrogen and oxygen atoms in total. The van der Waals surface area contributed by atoms with Crippen molar-refractivity contribution in [1.29, 1.82) is 0 Å². The van der Waals surface area contributed by atoms with Gasteiger partial charge in [-0.1, -0.05) is 24.3 Å². The van der Waals surface area contributed by atoms with E-state index >= 15 is 0 Å². The summed E-state index contributed by atoms with van der Waals surface area (Å²) < 4.78 is 85.9. The van der Waals surface area contributed by atoms with E-state index in [1.165, 1.54) is 18.9 Å². The molecule has 0 saturated carbocycles. The molecule has 0 radical (unpaired) electrons. The molecule has 3 atom stereocenters. The Kier molecular flexibility index (Phi) is 9.60. The molecule has 1 saturated heterocycles. The lowest BCUT2D eigenvalue weighted by Gasteiger charge is -2.42. The number of nitrogens with one attached hydrogen (secondary N) is 1. The topological polar surface area (TPSA) is 82.1 Å². The second-order valence-corrected chi connectivity index (χ2v) is 9.68. The predicted molar refractivity (Wildman–Crippen MR) is 133 cm³/mol. The molecule has 2 N–H and O–H groups in total. The van der Waals surface area contributed by atoms with E-state index in [0.717, 1.165) is 16.0 Å². The van der Waals surface area contributed by atoms with Crippen LogP contribution in [0.15, 0.2) is 42.5 Å². The molecule has 13 heteroatoms. The van der Waals surface area contributed by atoms with Crippen LogP contribution in [-0.4, -0.2) is 59.9 Å². The van der Waals surface area contributed by atoms with Crippen LogP contribution in [-0.2, 0) is 17.1 Å². The van der Waals surface area contributed by atoms with Crippen molar-refractivity contribution in [2.45, 2.75) is 57.2 Å². The van der Waals surface area contributed by atoms with Crippen molar-refractivity contribution < 1.29 is 45.8 Å². The number of amides is 3. The number of benzene rings is 2. The molecule has 40 heavy (non-hydrogen) atoms. The molecule has 2 aromatic carbocycles. The second kappa shape index (κ2) is 12.4. The molecule has 0 spiro atoms. The first kappa shape index (κ1) is 31.1. The molecular weight excluding hydrogens is 544 g/mol. The van der Waals surface area contributed by atoms with Gasteiger partial charge in [0.25, 0.3) is 0 Å². The van der Waals surface area contributed by atoms with Crippen LogP contribution in [0.2, 0.25) is 0 Å². The average Bonchev–Trinajstić information content (AvgIpc) is 2.89. The normalized spacial score (nSPS) is 18.7. The number of aliphatic hydroxyl groups is 1. The average molecular weight is 576 g/mol. The molecule has 1 aliphatic rings.